The average molecular weight is 871 g/mol. The van der Waals surface area contributed by atoms with Crippen LogP contribution < -0.4 is 20.7 Å². The molecule has 1 atom stereocenters. The van der Waals surface area contributed by atoms with Crippen LogP contribution in [0.2, 0.25) is 0 Å². The Kier molecular flexibility index (Phi) is 13.4. The van der Waals surface area contributed by atoms with Crippen LogP contribution in [-0.2, 0) is 20.0 Å². The first-order valence-electron chi connectivity index (χ1n) is 18.7. The first kappa shape index (κ1) is 42.6. The van der Waals surface area contributed by atoms with E-state index in [1.165, 1.54) is 12.1 Å². The van der Waals surface area contributed by atoms with Gasteiger partial charge in [-0.2, -0.15) is 6.57 Å². The molecule has 2 saturated heterocycles. The summed E-state index contributed by atoms with van der Waals surface area (Å²) in [5.41, 5.74) is 13.6. The molecule has 0 aromatic heterocycles. The second-order valence-electron chi connectivity index (χ2n) is 14.5. The second-order valence-corrected chi connectivity index (χ2v) is 15.4. The van der Waals surface area contributed by atoms with Gasteiger partial charge in [-0.15, -0.1) is 17.4 Å². The summed E-state index contributed by atoms with van der Waals surface area (Å²) in [6.07, 6.45) is 4.46. The zero-order chi connectivity index (χ0) is 40.0. The van der Waals surface area contributed by atoms with Gasteiger partial charge >= 0.3 is 0 Å². The molecule has 4 N–H and O–H groups in total. The molecule has 13 nitrogen and oxygen atoms in total. The van der Waals surface area contributed by atoms with Gasteiger partial charge in [0.15, 0.2) is 5.69 Å². The third kappa shape index (κ3) is 8.99. The number of nitrogens with zero attached hydrogens (tertiary/aromatic N) is 5. The number of hydrogen-bond acceptors (Lipinski definition) is 11. The number of nitrogens with two attached hydrogens (primary N) is 1. The number of hydrogen-bond donors (Lipinski definition) is 3. The molecule has 15 heteroatoms. The van der Waals surface area contributed by atoms with Crippen molar-refractivity contribution in [1.82, 2.24) is 10.5 Å². The van der Waals surface area contributed by atoms with E-state index >= 15 is 0 Å². The summed E-state index contributed by atoms with van der Waals surface area (Å²) in [7, 11) is 3.20. The van der Waals surface area contributed by atoms with E-state index in [0.29, 0.717) is 50.9 Å². The maximum atomic E-state index is 7.32. The smallest absolute Gasteiger partial charge is 0.222 e. The molecular weight excluding hydrogens is 826 g/mol. The number of halogens is 2. The normalized spacial score (nSPS) is 21.2. The Morgan fingerprint density at radius 2 is 1.41 bits per heavy atom. The maximum absolute atomic E-state index is 7.32. The minimum Gasteiger partial charge on any atom is -0.486 e. The molecule has 3 spiro atoms. The van der Waals surface area contributed by atoms with Crippen molar-refractivity contribution in [2.75, 3.05) is 40.5 Å². The zero-order valence-electron chi connectivity index (χ0n) is 32.2. The number of fused-ring (bicyclic) bond motifs is 3. The quantitative estimate of drug-likeness (QED) is 0.133. The minimum absolute atomic E-state index is 0. The van der Waals surface area contributed by atoms with E-state index in [1.54, 1.807) is 18.6 Å². The lowest BCUT2D eigenvalue weighted by molar-refractivity contribution is -0.212. The van der Waals surface area contributed by atoms with Crippen molar-refractivity contribution in [2.45, 2.75) is 55.5 Å². The van der Waals surface area contributed by atoms with E-state index in [9.17, 15) is 0 Å². The van der Waals surface area contributed by atoms with Crippen LogP contribution in [0.3, 0.4) is 0 Å². The Labute approximate surface area is 352 Å². The molecule has 9 rings (SSSR count). The molecule has 302 valence electrons. The maximum Gasteiger partial charge on any atom is 0.222 e. The Morgan fingerprint density at radius 3 is 2.03 bits per heavy atom. The van der Waals surface area contributed by atoms with Crippen LogP contribution in [0.4, 0.5) is 5.69 Å². The third-order valence-corrected chi connectivity index (χ3v) is 11.2. The number of hydroxylamine groups is 3. The molecule has 0 amide bonds. The number of aliphatic imine (C=N–C) groups is 1. The number of benzene rings is 4. The molecule has 0 bridgehead atoms. The Hall–Kier alpha value is -5.03. The van der Waals surface area contributed by atoms with Crippen LogP contribution in [0, 0.1) is 13.1 Å². The Morgan fingerprint density at radius 1 is 0.828 bits per heavy atom. The highest BCUT2D eigenvalue weighted by molar-refractivity contribution is 9.10. The summed E-state index contributed by atoms with van der Waals surface area (Å²) < 4.78 is 25.0. The van der Waals surface area contributed by atoms with Crippen molar-refractivity contribution in [3.8, 4) is 33.8 Å². The van der Waals surface area contributed by atoms with E-state index in [0.717, 1.165) is 80.7 Å². The van der Waals surface area contributed by atoms with Gasteiger partial charge in [0.05, 0.1) is 43.7 Å². The highest BCUT2D eigenvalue weighted by atomic mass is 79.9. The van der Waals surface area contributed by atoms with E-state index in [1.807, 2.05) is 54.6 Å². The molecule has 0 saturated carbocycles. The molecule has 4 aromatic rings. The van der Waals surface area contributed by atoms with Gasteiger partial charge in [-0.3, -0.25) is 0 Å². The van der Waals surface area contributed by atoms with Crippen molar-refractivity contribution in [1.29, 1.82) is 0 Å². The van der Waals surface area contributed by atoms with Crippen LogP contribution in [0.25, 0.3) is 32.1 Å². The number of rotatable bonds is 2. The highest BCUT2D eigenvalue weighted by Crippen LogP contribution is 2.52. The predicted molar refractivity (Wildman–Crippen MR) is 227 cm³/mol. The topological polar surface area (TPSA) is 141 Å². The predicted octanol–water partition coefficient (Wildman–Crippen LogP) is 8.67. The van der Waals surface area contributed by atoms with Gasteiger partial charge < -0.3 is 29.9 Å². The molecule has 4 aromatic carbocycles. The van der Waals surface area contributed by atoms with E-state index < -0.39 is 5.72 Å². The van der Waals surface area contributed by atoms with Gasteiger partial charge in [-0.1, -0.05) is 58.4 Å². The van der Waals surface area contributed by atoms with Crippen LogP contribution >= 0.6 is 28.3 Å². The van der Waals surface area contributed by atoms with Crippen molar-refractivity contribution >= 4 is 45.7 Å². The van der Waals surface area contributed by atoms with E-state index in [2.05, 4.69) is 55.1 Å². The van der Waals surface area contributed by atoms with Crippen LogP contribution in [0.15, 0.2) is 99.5 Å². The standard InChI is InChI=1S/C22H22N4O3.C20H17BrN2O2.CH5NO.ClH/c1-24-17-5-3-4-15(12-17)16-6-7-19-18(13-16)22(25-20(23)26(2)29-22)14-21(28-19)8-10-27-11-9-21;1-22-23-18-13-20(7-9-24-10-8-20)25-19-6-5-15(12-17(18)19)14-3-2-4-16(21)11-14;1-2-3;/h3-7,12-13H,8-11,14H2,2H3,(H2,23,25);2-6,11-12H,7-10,13H2;2-3H,1H3;1H/b;23-18-;;. The van der Waals surface area contributed by atoms with E-state index in [4.69, 9.17) is 52.9 Å². The summed E-state index contributed by atoms with van der Waals surface area (Å²) in [6, 6.07) is 27.9. The zero-order valence-corrected chi connectivity index (χ0v) is 34.6. The third-order valence-electron chi connectivity index (χ3n) is 10.7. The Balaban J connectivity index is 0.000000182. The fourth-order valence-electron chi connectivity index (χ4n) is 7.95. The molecule has 58 heavy (non-hydrogen) atoms. The largest absolute Gasteiger partial charge is 0.486 e. The van der Waals surface area contributed by atoms with Gasteiger partial charge in [0.2, 0.25) is 11.7 Å². The van der Waals surface area contributed by atoms with Crippen LogP contribution in [-0.4, -0.2) is 73.7 Å². The van der Waals surface area contributed by atoms with Crippen molar-refractivity contribution in [2.24, 2.45) is 15.8 Å². The van der Waals surface area contributed by atoms with Gasteiger partial charge in [-0.25, -0.2) is 25.2 Å². The summed E-state index contributed by atoms with van der Waals surface area (Å²) in [5.74, 6) is 1.92. The van der Waals surface area contributed by atoms with Crippen molar-refractivity contribution in [3.05, 3.63) is 123 Å². The van der Waals surface area contributed by atoms with Gasteiger partial charge in [-0.05, 0) is 64.7 Å². The van der Waals surface area contributed by atoms with Gasteiger partial charge in [0.1, 0.15) is 28.4 Å². The lowest BCUT2D eigenvalue weighted by atomic mass is 9.79. The summed E-state index contributed by atoms with van der Waals surface area (Å²) >= 11 is 3.52. The molecule has 2 fully saturated rings. The fourth-order valence-corrected chi connectivity index (χ4v) is 8.35. The highest BCUT2D eigenvalue weighted by Gasteiger charge is 2.55. The monoisotopic (exact) mass is 869 g/mol. The fraction of sp³-hybridized carbons (Fsp3) is 0.349. The Bertz CT molecular complexity index is 2260. The minimum atomic E-state index is -0.919. The van der Waals surface area contributed by atoms with Gasteiger partial charge in [0.25, 0.3) is 0 Å². The average Bonchev–Trinajstić information content (AvgIpc) is 3.50. The molecule has 5 heterocycles. The van der Waals surface area contributed by atoms with Crippen LogP contribution in [0.1, 0.15) is 49.7 Å². The van der Waals surface area contributed by atoms with Gasteiger partial charge in [0, 0.05) is 62.7 Å². The molecular formula is C43H45BrClN7O6. The van der Waals surface area contributed by atoms with Crippen LogP contribution in [0.5, 0.6) is 11.5 Å². The number of guanidine groups is 1. The SMILES string of the molecule is CNO.Cl.[C-]#[N+]/N=C1/CC2(CCOCC2)Oc2ccc(-c3cccc(Br)c3)cc21.[C-]#[N+]c1cccc(-c2ccc3c(c2)C2(CC4(CCOCC4)O3)N=C(N)N(C)O2)c1. The lowest BCUT2D eigenvalue weighted by Gasteiger charge is -2.46. The number of nitrogens with one attached hydrogen (secondary N) is 1. The second kappa shape index (κ2) is 18.3. The molecule has 0 radical (unpaired) electrons. The molecule has 1 unspecified atom stereocenters. The van der Waals surface area contributed by atoms with E-state index in [-0.39, 0.29) is 23.6 Å². The number of ether oxygens (including phenoxy) is 4. The first-order valence-corrected chi connectivity index (χ1v) is 19.5. The first-order chi connectivity index (χ1) is 27.6. The molecule has 5 aliphatic heterocycles. The molecule has 0 aliphatic carbocycles. The van der Waals surface area contributed by atoms with Crippen molar-refractivity contribution < 1.29 is 29.0 Å². The molecule has 5 aliphatic rings. The lowest BCUT2D eigenvalue weighted by Crippen LogP contribution is -2.51. The summed E-state index contributed by atoms with van der Waals surface area (Å²) in [5, 5.41) is 12.9. The summed E-state index contributed by atoms with van der Waals surface area (Å²) in [4.78, 5) is 17.8. The summed E-state index contributed by atoms with van der Waals surface area (Å²) in [6.45, 7) is 17.2. The van der Waals surface area contributed by atoms with Crippen molar-refractivity contribution in [3.63, 3.8) is 0 Å².